The topological polar surface area (TPSA) is 46.4 Å². The lowest BCUT2D eigenvalue weighted by atomic mass is 9.70. The molecule has 0 amide bonds. The monoisotopic (exact) mass is 622 g/mol. The molecule has 240 valence electrons. The Morgan fingerprint density at radius 3 is 1.45 bits per heavy atom. The molecule has 0 N–H and O–H groups in total. The van der Waals surface area contributed by atoms with Crippen molar-refractivity contribution >= 4 is 11.4 Å². The molecule has 4 heteroatoms. The molecule has 0 aliphatic heterocycles. The molecule has 47 heavy (non-hydrogen) atoms. The molecule has 5 rings (SSSR count). The van der Waals surface area contributed by atoms with Crippen molar-refractivity contribution in [3.63, 3.8) is 0 Å². The van der Waals surface area contributed by atoms with Crippen molar-refractivity contribution in [2.24, 2.45) is 0 Å². The summed E-state index contributed by atoms with van der Waals surface area (Å²) >= 11 is 0. The van der Waals surface area contributed by atoms with E-state index in [1.165, 1.54) is 91.4 Å². The fourth-order valence-electron chi connectivity index (χ4n) is 6.82. The van der Waals surface area contributed by atoms with E-state index in [2.05, 4.69) is 117 Å². The van der Waals surface area contributed by atoms with E-state index in [-0.39, 0.29) is 16.0 Å². The Morgan fingerprint density at radius 2 is 1.02 bits per heavy atom. The second-order valence-electron chi connectivity index (χ2n) is 13.0. The Labute approximate surface area is 281 Å². The zero-order valence-corrected chi connectivity index (χ0v) is 28.4. The van der Waals surface area contributed by atoms with Crippen LogP contribution >= 0.6 is 0 Å². The SMILES string of the molecule is CCCCCCC1(CCCCCC)c2cc(C#Cc3ccc(N(C)C)cc3)ccc2-c2ccc(C#Cc3ccc([N+](=O)[O-])cc3)cc21. The zero-order valence-electron chi connectivity index (χ0n) is 28.4. The summed E-state index contributed by atoms with van der Waals surface area (Å²) in [5.41, 5.74) is 10.4. The number of fused-ring (bicyclic) bond motifs is 3. The van der Waals surface area contributed by atoms with Gasteiger partial charge in [-0.3, -0.25) is 10.1 Å². The lowest BCUT2D eigenvalue weighted by molar-refractivity contribution is -0.384. The van der Waals surface area contributed by atoms with Crippen molar-refractivity contribution in [3.8, 4) is 34.8 Å². The van der Waals surface area contributed by atoms with E-state index in [0.29, 0.717) is 0 Å². The summed E-state index contributed by atoms with van der Waals surface area (Å²) < 4.78 is 0. The number of hydrogen-bond donors (Lipinski definition) is 0. The third-order valence-corrected chi connectivity index (χ3v) is 9.44. The van der Waals surface area contributed by atoms with Gasteiger partial charge in [-0.25, -0.2) is 0 Å². The van der Waals surface area contributed by atoms with Crippen LogP contribution in [0.1, 0.15) is 111 Å². The molecular formula is C43H46N2O2. The summed E-state index contributed by atoms with van der Waals surface area (Å²) in [7, 11) is 4.10. The molecule has 4 nitrogen and oxygen atoms in total. The third kappa shape index (κ3) is 7.96. The van der Waals surface area contributed by atoms with Crippen molar-refractivity contribution in [3.05, 3.63) is 128 Å². The predicted octanol–water partition coefficient (Wildman–Crippen LogP) is 10.7. The Hall–Kier alpha value is -4.80. The summed E-state index contributed by atoms with van der Waals surface area (Å²) in [6.45, 7) is 4.55. The van der Waals surface area contributed by atoms with Gasteiger partial charge < -0.3 is 4.90 Å². The van der Waals surface area contributed by atoms with Crippen molar-refractivity contribution in [2.75, 3.05) is 19.0 Å². The predicted molar refractivity (Wildman–Crippen MR) is 196 cm³/mol. The Kier molecular flexibility index (Phi) is 11.2. The molecular weight excluding hydrogens is 576 g/mol. The van der Waals surface area contributed by atoms with Crippen LogP contribution in [-0.4, -0.2) is 19.0 Å². The molecule has 0 aromatic heterocycles. The molecule has 4 aromatic carbocycles. The van der Waals surface area contributed by atoms with E-state index in [1.54, 1.807) is 12.1 Å². The van der Waals surface area contributed by atoms with E-state index in [0.717, 1.165) is 35.1 Å². The van der Waals surface area contributed by atoms with Gasteiger partial charge in [0.1, 0.15) is 0 Å². The number of nitro groups is 1. The minimum atomic E-state index is -0.379. The van der Waals surface area contributed by atoms with Crippen LogP contribution in [0.15, 0.2) is 84.9 Å². The number of nitro benzene ring substituents is 1. The average Bonchev–Trinajstić information content (AvgIpc) is 3.35. The third-order valence-electron chi connectivity index (χ3n) is 9.44. The summed E-state index contributed by atoms with van der Waals surface area (Å²) in [6.07, 6.45) is 12.0. The molecule has 1 aliphatic carbocycles. The van der Waals surface area contributed by atoms with E-state index < -0.39 is 0 Å². The first-order chi connectivity index (χ1) is 22.8. The van der Waals surface area contributed by atoms with Crippen molar-refractivity contribution in [1.29, 1.82) is 0 Å². The van der Waals surface area contributed by atoms with Gasteiger partial charge in [0.2, 0.25) is 0 Å². The molecule has 0 saturated carbocycles. The van der Waals surface area contributed by atoms with Gasteiger partial charge in [0.05, 0.1) is 4.92 Å². The normalized spacial score (nSPS) is 12.3. The highest BCUT2D eigenvalue weighted by atomic mass is 16.6. The summed E-state index contributed by atoms with van der Waals surface area (Å²) in [5.74, 6) is 13.5. The maximum Gasteiger partial charge on any atom is 0.269 e. The molecule has 0 spiro atoms. The second kappa shape index (κ2) is 15.7. The maximum absolute atomic E-state index is 11.1. The summed E-state index contributed by atoms with van der Waals surface area (Å²) in [4.78, 5) is 12.8. The Balaban J connectivity index is 1.55. The van der Waals surface area contributed by atoms with Crippen LogP contribution in [0.3, 0.4) is 0 Å². The Bertz CT molecular complexity index is 1800. The minimum Gasteiger partial charge on any atom is -0.378 e. The van der Waals surface area contributed by atoms with E-state index >= 15 is 0 Å². The fraction of sp³-hybridized carbons (Fsp3) is 0.349. The minimum absolute atomic E-state index is 0.0769. The average molecular weight is 623 g/mol. The highest BCUT2D eigenvalue weighted by Gasteiger charge is 2.42. The van der Waals surface area contributed by atoms with Crippen LogP contribution in [0.2, 0.25) is 0 Å². The first kappa shape index (κ1) is 33.6. The Morgan fingerprint density at radius 1 is 0.596 bits per heavy atom. The number of non-ortho nitro benzene ring substituents is 1. The first-order valence-electron chi connectivity index (χ1n) is 17.2. The van der Waals surface area contributed by atoms with Crippen LogP contribution in [0.4, 0.5) is 11.4 Å². The van der Waals surface area contributed by atoms with E-state index in [9.17, 15) is 10.1 Å². The van der Waals surface area contributed by atoms with Gasteiger partial charge in [-0.1, -0.05) is 101 Å². The van der Waals surface area contributed by atoms with Gasteiger partial charge in [-0.15, -0.1) is 0 Å². The molecule has 0 fully saturated rings. The highest BCUT2D eigenvalue weighted by molar-refractivity contribution is 5.82. The molecule has 4 aromatic rings. The molecule has 0 radical (unpaired) electrons. The van der Waals surface area contributed by atoms with E-state index in [4.69, 9.17) is 0 Å². The number of unbranched alkanes of at least 4 members (excludes halogenated alkanes) is 6. The number of anilines is 1. The molecule has 0 heterocycles. The quantitative estimate of drug-likeness (QED) is 0.0683. The van der Waals surface area contributed by atoms with Gasteiger partial charge in [-0.05, 0) is 95.8 Å². The second-order valence-corrected chi connectivity index (χ2v) is 13.0. The van der Waals surface area contributed by atoms with Gasteiger partial charge in [-0.2, -0.15) is 0 Å². The number of benzene rings is 4. The summed E-state index contributed by atoms with van der Waals surface area (Å²) in [6, 6.07) is 28.4. The highest BCUT2D eigenvalue weighted by Crippen LogP contribution is 2.54. The van der Waals surface area contributed by atoms with Crippen molar-refractivity contribution in [1.82, 2.24) is 0 Å². The molecule has 1 aliphatic rings. The largest absolute Gasteiger partial charge is 0.378 e. The number of rotatable bonds is 12. The maximum atomic E-state index is 11.1. The summed E-state index contributed by atoms with van der Waals surface area (Å²) in [5, 5.41) is 11.1. The van der Waals surface area contributed by atoms with Crippen LogP contribution in [-0.2, 0) is 5.41 Å². The molecule has 0 bridgehead atoms. The van der Waals surface area contributed by atoms with Gasteiger partial charge in [0.25, 0.3) is 5.69 Å². The first-order valence-corrected chi connectivity index (χ1v) is 17.2. The molecule has 0 atom stereocenters. The van der Waals surface area contributed by atoms with Crippen LogP contribution in [0, 0.1) is 33.8 Å². The molecule has 0 unspecified atom stereocenters. The molecule has 0 saturated heterocycles. The number of nitrogens with zero attached hydrogens (tertiary/aromatic N) is 2. The number of hydrogen-bond acceptors (Lipinski definition) is 3. The van der Waals surface area contributed by atoms with Gasteiger partial charge >= 0.3 is 0 Å². The van der Waals surface area contributed by atoms with Crippen molar-refractivity contribution in [2.45, 2.75) is 83.5 Å². The zero-order chi connectivity index (χ0) is 33.2. The van der Waals surface area contributed by atoms with Gasteiger partial charge in [0, 0.05) is 59.6 Å². The van der Waals surface area contributed by atoms with Crippen LogP contribution in [0.25, 0.3) is 11.1 Å². The lowest BCUT2D eigenvalue weighted by Crippen LogP contribution is -2.26. The van der Waals surface area contributed by atoms with Gasteiger partial charge in [0.15, 0.2) is 0 Å². The standard InChI is InChI=1S/C43H46N2O2/c1-5-7-9-11-29-43(30-12-10-8-6-2)41-31-35(15-13-33-17-23-37(24-18-33)44(3)4)21-27-39(41)40-28-22-36(32-42(40)43)16-14-34-19-25-38(26-20-34)45(46)47/h17-28,31-32H,5-12,29-30H2,1-4H3. The van der Waals surface area contributed by atoms with Crippen molar-refractivity contribution < 1.29 is 4.92 Å². The smallest absolute Gasteiger partial charge is 0.269 e. The fourth-order valence-corrected chi connectivity index (χ4v) is 6.82. The lowest BCUT2D eigenvalue weighted by Gasteiger charge is -2.33. The van der Waals surface area contributed by atoms with Crippen LogP contribution < -0.4 is 4.90 Å². The van der Waals surface area contributed by atoms with Crippen LogP contribution in [0.5, 0.6) is 0 Å². The van der Waals surface area contributed by atoms with E-state index in [1.807, 2.05) is 0 Å².